The molecule has 32 heavy (non-hydrogen) atoms. The Labute approximate surface area is 192 Å². The molecule has 0 saturated carbocycles. The predicted octanol–water partition coefficient (Wildman–Crippen LogP) is 4.71. The fourth-order valence-corrected chi connectivity index (χ4v) is 4.84. The number of nitrogens with zero attached hydrogens (tertiary/aromatic N) is 4. The SMILES string of the molecule is Cc1cc([C@H]2[C@H](c3ccccn3)NC(=S)N2Cc2cccnc2)c(C)n1Cc1ccco1. The summed E-state index contributed by atoms with van der Waals surface area (Å²) in [6, 6.07) is 16.2. The quantitative estimate of drug-likeness (QED) is 0.436. The molecule has 2 atom stereocenters. The summed E-state index contributed by atoms with van der Waals surface area (Å²) in [6.07, 6.45) is 7.24. The molecule has 0 aromatic carbocycles. The van der Waals surface area contributed by atoms with Crippen LogP contribution >= 0.6 is 12.2 Å². The fraction of sp³-hybridized carbons (Fsp3) is 0.240. The number of pyridine rings is 2. The van der Waals surface area contributed by atoms with E-state index in [1.165, 1.54) is 17.0 Å². The van der Waals surface area contributed by atoms with E-state index in [4.69, 9.17) is 16.6 Å². The maximum absolute atomic E-state index is 5.81. The van der Waals surface area contributed by atoms with E-state index < -0.39 is 0 Å². The molecule has 0 amide bonds. The van der Waals surface area contributed by atoms with Crippen LogP contribution in [-0.2, 0) is 13.1 Å². The molecule has 7 heteroatoms. The predicted molar refractivity (Wildman–Crippen MR) is 127 cm³/mol. The van der Waals surface area contributed by atoms with E-state index in [2.05, 4.69) is 56.8 Å². The topological polar surface area (TPSA) is 59.1 Å². The summed E-state index contributed by atoms with van der Waals surface area (Å²) in [7, 11) is 0. The lowest BCUT2D eigenvalue weighted by molar-refractivity contribution is 0.309. The molecule has 0 unspecified atom stereocenters. The van der Waals surface area contributed by atoms with Crippen LogP contribution in [-0.4, -0.2) is 24.5 Å². The number of aryl methyl sites for hydroxylation is 1. The van der Waals surface area contributed by atoms with Crippen LogP contribution in [0.4, 0.5) is 0 Å². The Morgan fingerprint density at radius 3 is 2.69 bits per heavy atom. The summed E-state index contributed by atoms with van der Waals surface area (Å²) >= 11 is 5.81. The Morgan fingerprint density at radius 2 is 1.97 bits per heavy atom. The number of furan rings is 1. The van der Waals surface area contributed by atoms with Gasteiger partial charge in [-0.3, -0.25) is 9.97 Å². The van der Waals surface area contributed by atoms with Crippen molar-refractivity contribution in [3.63, 3.8) is 0 Å². The summed E-state index contributed by atoms with van der Waals surface area (Å²) in [4.78, 5) is 11.2. The zero-order chi connectivity index (χ0) is 22.1. The minimum absolute atomic E-state index is 0.00848. The zero-order valence-electron chi connectivity index (χ0n) is 18.1. The number of hydrogen-bond acceptors (Lipinski definition) is 4. The second-order valence-electron chi connectivity index (χ2n) is 8.11. The molecule has 1 N–H and O–H groups in total. The average molecular weight is 444 g/mol. The van der Waals surface area contributed by atoms with Crippen LogP contribution in [0.25, 0.3) is 0 Å². The highest BCUT2D eigenvalue weighted by Gasteiger charge is 2.41. The Morgan fingerprint density at radius 1 is 1.06 bits per heavy atom. The van der Waals surface area contributed by atoms with Gasteiger partial charge in [-0.05, 0) is 73.6 Å². The first-order valence-corrected chi connectivity index (χ1v) is 11.1. The second-order valence-corrected chi connectivity index (χ2v) is 8.49. The highest BCUT2D eigenvalue weighted by Crippen LogP contribution is 2.41. The Kier molecular flexibility index (Phi) is 5.49. The van der Waals surface area contributed by atoms with E-state index in [-0.39, 0.29) is 12.1 Å². The van der Waals surface area contributed by atoms with Crippen LogP contribution in [0.1, 0.15) is 46.1 Å². The van der Waals surface area contributed by atoms with Crippen molar-refractivity contribution in [1.29, 1.82) is 0 Å². The molecule has 4 aromatic heterocycles. The van der Waals surface area contributed by atoms with E-state index >= 15 is 0 Å². The van der Waals surface area contributed by atoms with E-state index in [0.717, 1.165) is 22.1 Å². The van der Waals surface area contributed by atoms with Crippen molar-refractivity contribution in [3.8, 4) is 0 Å². The highest BCUT2D eigenvalue weighted by atomic mass is 32.1. The molecule has 0 aliphatic carbocycles. The highest BCUT2D eigenvalue weighted by molar-refractivity contribution is 7.80. The molecule has 1 saturated heterocycles. The van der Waals surface area contributed by atoms with Gasteiger partial charge in [-0.2, -0.15) is 0 Å². The van der Waals surface area contributed by atoms with Crippen molar-refractivity contribution in [3.05, 3.63) is 107 Å². The number of thiocarbonyl (C=S) groups is 1. The Bertz CT molecular complexity index is 1200. The van der Waals surface area contributed by atoms with Crippen LogP contribution in [0.15, 0.2) is 77.8 Å². The maximum Gasteiger partial charge on any atom is 0.170 e. The van der Waals surface area contributed by atoms with Crippen molar-refractivity contribution in [2.45, 2.75) is 39.0 Å². The first-order valence-electron chi connectivity index (χ1n) is 10.7. The fourth-order valence-electron chi connectivity index (χ4n) is 4.53. The van der Waals surface area contributed by atoms with Gasteiger partial charge in [0.2, 0.25) is 0 Å². The van der Waals surface area contributed by atoms with E-state index in [9.17, 15) is 0 Å². The molecule has 4 aromatic rings. The number of aromatic nitrogens is 3. The number of hydrogen-bond donors (Lipinski definition) is 1. The first kappa shape index (κ1) is 20.5. The molecule has 5 rings (SSSR count). The molecule has 0 radical (unpaired) electrons. The minimum atomic E-state index is -0.0436. The minimum Gasteiger partial charge on any atom is -0.467 e. The van der Waals surface area contributed by atoms with Crippen molar-refractivity contribution in [2.75, 3.05) is 0 Å². The van der Waals surface area contributed by atoms with E-state index in [1.807, 2.05) is 42.7 Å². The number of rotatable bonds is 6. The van der Waals surface area contributed by atoms with Gasteiger partial charge in [0.15, 0.2) is 5.11 Å². The van der Waals surface area contributed by atoms with Gasteiger partial charge in [0.25, 0.3) is 0 Å². The van der Waals surface area contributed by atoms with E-state index in [0.29, 0.717) is 13.1 Å². The van der Waals surface area contributed by atoms with Crippen molar-refractivity contribution in [2.24, 2.45) is 0 Å². The first-order chi connectivity index (χ1) is 15.6. The van der Waals surface area contributed by atoms with Gasteiger partial charge in [-0.1, -0.05) is 12.1 Å². The van der Waals surface area contributed by atoms with Crippen molar-refractivity contribution < 1.29 is 4.42 Å². The molecule has 5 heterocycles. The van der Waals surface area contributed by atoms with Crippen molar-refractivity contribution in [1.82, 2.24) is 24.8 Å². The summed E-state index contributed by atoms with van der Waals surface area (Å²) in [5.74, 6) is 0.937. The summed E-state index contributed by atoms with van der Waals surface area (Å²) in [5.41, 5.74) is 5.72. The van der Waals surface area contributed by atoms with Gasteiger partial charge in [-0.25, -0.2) is 0 Å². The smallest absolute Gasteiger partial charge is 0.170 e. The Hall–Kier alpha value is -3.45. The summed E-state index contributed by atoms with van der Waals surface area (Å²) in [6.45, 7) is 5.69. The van der Waals surface area contributed by atoms with Crippen molar-refractivity contribution >= 4 is 17.3 Å². The summed E-state index contributed by atoms with van der Waals surface area (Å²) < 4.78 is 7.91. The van der Waals surface area contributed by atoms with Crippen LogP contribution in [0.3, 0.4) is 0 Å². The zero-order valence-corrected chi connectivity index (χ0v) is 18.9. The van der Waals surface area contributed by atoms with E-state index in [1.54, 1.807) is 12.5 Å². The lowest BCUT2D eigenvalue weighted by Gasteiger charge is -2.28. The average Bonchev–Trinajstić information content (AvgIpc) is 3.51. The third kappa shape index (κ3) is 3.80. The third-order valence-corrected chi connectivity index (χ3v) is 6.45. The molecule has 1 aliphatic heterocycles. The standard InChI is InChI=1S/C25H25N5OS/c1-17-13-21(18(2)29(17)16-20-8-6-12-31-20)24-23(22-9-3-4-11-27-22)28-25(32)30(24)15-19-7-5-10-26-14-19/h3-14,23-24H,15-16H2,1-2H3,(H,28,32)/t23-,24-/m0/s1. The molecule has 0 spiro atoms. The van der Waals surface area contributed by atoms with Gasteiger partial charge in [0.1, 0.15) is 5.76 Å². The molecular weight excluding hydrogens is 418 g/mol. The largest absolute Gasteiger partial charge is 0.467 e. The van der Waals surface area contributed by atoms with Gasteiger partial charge >= 0.3 is 0 Å². The normalized spacial score (nSPS) is 18.2. The van der Waals surface area contributed by atoms with Gasteiger partial charge in [0, 0.05) is 36.5 Å². The lowest BCUT2D eigenvalue weighted by atomic mass is 9.96. The van der Waals surface area contributed by atoms with Gasteiger partial charge < -0.3 is 19.2 Å². The number of nitrogens with one attached hydrogen (secondary N) is 1. The molecule has 1 fully saturated rings. The van der Waals surface area contributed by atoms with Crippen LogP contribution in [0, 0.1) is 13.8 Å². The molecule has 6 nitrogen and oxygen atoms in total. The van der Waals surface area contributed by atoms with Gasteiger partial charge in [0.05, 0.1) is 30.6 Å². The molecular formula is C25H25N5OS. The second kappa shape index (κ2) is 8.59. The Balaban J connectivity index is 1.57. The third-order valence-electron chi connectivity index (χ3n) is 6.10. The lowest BCUT2D eigenvalue weighted by Crippen LogP contribution is -2.29. The van der Waals surface area contributed by atoms with Crippen LogP contribution < -0.4 is 5.32 Å². The van der Waals surface area contributed by atoms with Crippen LogP contribution in [0.5, 0.6) is 0 Å². The van der Waals surface area contributed by atoms with Gasteiger partial charge in [-0.15, -0.1) is 0 Å². The maximum atomic E-state index is 5.81. The molecule has 162 valence electrons. The van der Waals surface area contributed by atoms with Crippen LogP contribution in [0.2, 0.25) is 0 Å². The summed E-state index contributed by atoms with van der Waals surface area (Å²) in [5, 5.41) is 4.26. The molecule has 1 aliphatic rings. The monoisotopic (exact) mass is 443 g/mol. The molecule has 0 bridgehead atoms.